The van der Waals surface area contributed by atoms with Gasteiger partial charge in [0.1, 0.15) is 5.76 Å². The number of aryl methyl sites for hydroxylation is 1. The van der Waals surface area contributed by atoms with E-state index >= 15 is 0 Å². The molecule has 3 aromatic rings. The summed E-state index contributed by atoms with van der Waals surface area (Å²) in [5.74, 6) is -0.423. The number of aromatic nitrogens is 3. The number of nitrogens with one attached hydrogen (secondary N) is 1. The van der Waals surface area contributed by atoms with Gasteiger partial charge in [0.05, 0.1) is 29.5 Å². The van der Waals surface area contributed by atoms with Crippen LogP contribution in [0.15, 0.2) is 35.0 Å². The quantitative estimate of drug-likeness (QED) is 0.519. The lowest BCUT2D eigenvalue weighted by Gasteiger charge is -2.06. The van der Waals surface area contributed by atoms with E-state index in [4.69, 9.17) is 27.7 Å². The third-order valence-electron chi connectivity index (χ3n) is 3.45. The Balaban J connectivity index is 1.84. The Bertz CT molecular complexity index is 978. The highest BCUT2D eigenvalue weighted by Gasteiger charge is 2.22. The van der Waals surface area contributed by atoms with Crippen molar-refractivity contribution in [2.75, 3.05) is 5.32 Å². The molecule has 0 bridgehead atoms. The molecule has 0 atom stereocenters. The summed E-state index contributed by atoms with van der Waals surface area (Å²) < 4.78 is 6.41. The Kier molecular flexibility index (Phi) is 4.92. The summed E-state index contributed by atoms with van der Waals surface area (Å²) in [4.78, 5) is 22.6. The minimum Gasteiger partial charge on any atom is -0.361 e. The first-order valence-corrected chi connectivity index (χ1v) is 7.99. The molecule has 0 spiro atoms. The van der Waals surface area contributed by atoms with Crippen LogP contribution in [0.5, 0.6) is 0 Å². The minimum absolute atomic E-state index is 0.0387. The average Bonchev–Trinajstić information content (AvgIpc) is 3.15. The molecule has 3 rings (SSSR count). The molecule has 1 amide bonds. The van der Waals surface area contributed by atoms with Crippen LogP contribution in [-0.2, 0) is 6.54 Å². The summed E-state index contributed by atoms with van der Waals surface area (Å²) in [6.07, 6.45) is 1.43. The molecule has 0 saturated carbocycles. The number of carbonyl (C=O) groups excluding carboxylic acids is 1. The van der Waals surface area contributed by atoms with E-state index in [1.54, 1.807) is 6.92 Å². The predicted molar refractivity (Wildman–Crippen MR) is 93.6 cm³/mol. The number of hydrogen-bond donors (Lipinski definition) is 1. The van der Waals surface area contributed by atoms with Crippen molar-refractivity contribution in [1.29, 1.82) is 0 Å². The second-order valence-corrected chi connectivity index (χ2v) is 6.18. The van der Waals surface area contributed by atoms with Gasteiger partial charge >= 0.3 is 5.82 Å². The molecule has 2 aromatic heterocycles. The molecule has 0 saturated heterocycles. The average molecular weight is 396 g/mol. The van der Waals surface area contributed by atoms with E-state index in [1.165, 1.54) is 35.1 Å². The number of anilines is 1. The first-order valence-electron chi connectivity index (χ1n) is 7.24. The van der Waals surface area contributed by atoms with Crippen molar-refractivity contribution in [1.82, 2.24) is 14.9 Å². The molecule has 9 nitrogen and oxygen atoms in total. The molecule has 2 heterocycles. The zero-order valence-electron chi connectivity index (χ0n) is 13.3. The number of rotatable bonds is 5. The minimum atomic E-state index is -0.604. The smallest absolute Gasteiger partial charge is 0.361 e. The molecule has 0 radical (unpaired) electrons. The van der Waals surface area contributed by atoms with E-state index in [-0.39, 0.29) is 18.1 Å². The molecule has 1 N–H and O–H groups in total. The Morgan fingerprint density at radius 3 is 2.65 bits per heavy atom. The summed E-state index contributed by atoms with van der Waals surface area (Å²) in [7, 11) is 0. The fraction of sp³-hybridized carbons (Fsp3) is 0.133. The number of halogens is 2. The van der Waals surface area contributed by atoms with Gasteiger partial charge in [-0.15, -0.1) is 0 Å². The van der Waals surface area contributed by atoms with Crippen LogP contribution in [0.2, 0.25) is 10.0 Å². The maximum Gasteiger partial charge on any atom is 0.389 e. The molecule has 0 unspecified atom stereocenters. The fourth-order valence-electron chi connectivity index (χ4n) is 2.27. The number of benzene rings is 1. The maximum absolute atomic E-state index is 12.5. The van der Waals surface area contributed by atoms with Gasteiger partial charge in [0.15, 0.2) is 5.69 Å². The Labute approximate surface area is 156 Å². The Hall–Kier alpha value is -2.91. The predicted octanol–water partition coefficient (Wildman–Crippen LogP) is 3.70. The maximum atomic E-state index is 12.5. The van der Waals surface area contributed by atoms with Crippen LogP contribution in [-0.4, -0.2) is 25.8 Å². The Morgan fingerprint density at radius 1 is 1.35 bits per heavy atom. The van der Waals surface area contributed by atoms with Crippen LogP contribution in [0.25, 0.3) is 0 Å². The summed E-state index contributed by atoms with van der Waals surface area (Å²) in [6.45, 7) is 1.72. The summed E-state index contributed by atoms with van der Waals surface area (Å²) in [5.41, 5.74) is 0.888. The van der Waals surface area contributed by atoms with Gasteiger partial charge in [-0.1, -0.05) is 28.4 Å². The van der Waals surface area contributed by atoms with Gasteiger partial charge in [0.2, 0.25) is 0 Å². The van der Waals surface area contributed by atoms with E-state index in [1.807, 2.05) is 0 Å². The van der Waals surface area contributed by atoms with E-state index in [2.05, 4.69) is 15.6 Å². The molecule has 11 heteroatoms. The summed E-state index contributed by atoms with van der Waals surface area (Å²) in [5, 5.41) is 21.7. The van der Waals surface area contributed by atoms with Crippen LogP contribution in [0, 0.1) is 17.0 Å². The molecule has 0 fully saturated rings. The highest BCUT2D eigenvalue weighted by molar-refractivity contribution is 6.35. The second kappa shape index (κ2) is 7.14. The number of nitrogens with zero attached hydrogens (tertiary/aromatic N) is 4. The van der Waals surface area contributed by atoms with Crippen LogP contribution in [0.3, 0.4) is 0 Å². The first kappa shape index (κ1) is 17.9. The Morgan fingerprint density at radius 2 is 2.04 bits per heavy atom. The number of hydrogen-bond acceptors (Lipinski definition) is 6. The molecule has 0 aliphatic rings. The van der Waals surface area contributed by atoms with Crippen molar-refractivity contribution in [3.05, 3.63) is 67.6 Å². The van der Waals surface area contributed by atoms with Gasteiger partial charge in [-0.25, -0.2) is 0 Å². The van der Waals surface area contributed by atoms with Crippen molar-refractivity contribution in [3.63, 3.8) is 0 Å². The molecule has 26 heavy (non-hydrogen) atoms. The fourth-order valence-corrected chi connectivity index (χ4v) is 2.80. The van der Waals surface area contributed by atoms with Crippen molar-refractivity contribution in [3.8, 4) is 0 Å². The standard InChI is InChI=1S/C15H11Cl2N5O4/c1-8-12(7-21-3-2-13(19-21)22(24)25)14(20-26-8)15(23)18-11-5-9(16)4-10(17)6-11/h2-6H,7H2,1H3,(H,18,23). The monoisotopic (exact) mass is 395 g/mol. The third kappa shape index (κ3) is 3.84. The number of nitro groups is 1. The van der Waals surface area contributed by atoms with E-state index < -0.39 is 10.8 Å². The lowest BCUT2D eigenvalue weighted by molar-refractivity contribution is -0.389. The van der Waals surface area contributed by atoms with Gasteiger partial charge < -0.3 is 20.0 Å². The van der Waals surface area contributed by atoms with Crippen molar-refractivity contribution in [2.24, 2.45) is 0 Å². The van der Waals surface area contributed by atoms with Crippen molar-refractivity contribution in [2.45, 2.75) is 13.5 Å². The topological polar surface area (TPSA) is 116 Å². The third-order valence-corrected chi connectivity index (χ3v) is 3.89. The molecule has 1 aromatic carbocycles. The van der Waals surface area contributed by atoms with E-state index in [0.717, 1.165) is 0 Å². The molecular formula is C15H11Cl2N5O4. The van der Waals surface area contributed by atoms with Crippen LogP contribution in [0.4, 0.5) is 11.5 Å². The van der Waals surface area contributed by atoms with E-state index in [9.17, 15) is 14.9 Å². The normalized spacial score (nSPS) is 10.7. The zero-order valence-corrected chi connectivity index (χ0v) is 14.8. The van der Waals surface area contributed by atoms with Gasteiger partial charge in [-0.05, 0) is 30.0 Å². The largest absolute Gasteiger partial charge is 0.389 e. The van der Waals surface area contributed by atoms with Gasteiger partial charge in [0, 0.05) is 15.7 Å². The van der Waals surface area contributed by atoms with Crippen LogP contribution in [0.1, 0.15) is 21.8 Å². The lowest BCUT2D eigenvalue weighted by Crippen LogP contribution is -2.16. The van der Waals surface area contributed by atoms with Gasteiger partial charge in [0.25, 0.3) is 5.91 Å². The van der Waals surface area contributed by atoms with Gasteiger partial charge in [-0.3, -0.25) is 4.79 Å². The zero-order chi connectivity index (χ0) is 18.8. The van der Waals surface area contributed by atoms with Crippen molar-refractivity contribution < 1.29 is 14.2 Å². The number of amides is 1. The highest BCUT2D eigenvalue weighted by atomic mass is 35.5. The van der Waals surface area contributed by atoms with Gasteiger partial charge in [-0.2, -0.15) is 4.68 Å². The first-order chi connectivity index (χ1) is 12.3. The highest BCUT2D eigenvalue weighted by Crippen LogP contribution is 2.24. The van der Waals surface area contributed by atoms with Crippen molar-refractivity contribution >= 4 is 40.6 Å². The summed E-state index contributed by atoms with van der Waals surface area (Å²) in [6, 6.07) is 5.87. The van der Waals surface area contributed by atoms with Crippen LogP contribution < -0.4 is 5.32 Å². The molecule has 134 valence electrons. The lowest BCUT2D eigenvalue weighted by atomic mass is 10.2. The van der Waals surface area contributed by atoms with E-state index in [0.29, 0.717) is 27.1 Å². The molecular weight excluding hydrogens is 385 g/mol. The SMILES string of the molecule is Cc1onc(C(=O)Nc2cc(Cl)cc(Cl)c2)c1Cn1ccc([N+](=O)[O-])n1. The molecule has 0 aliphatic carbocycles. The van der Waals surface area contributed by atoms with Crippen LogP contribution >= 0.6 is 23.2 Å². The summed E-state index contributed by atoms with van der Waals surface area (Å²) >= 11 is 11.8. The molecule has 0 aliphatic heterocycles. The number of carbonyl (C=O) groups is 1. The second-order valence-electron chi connectivity index (χ2n) is 5.31.